The van der Waals surface area contributed by atoms with E-state index in [1.54, 1.807) is 48.5 Å². The number of H-pyrrole nitrogens is 2. The van der Waals surface area contributed by atoms with Gasteiger partial charge < -0.3 is 15.1 Å². The Bertz CT molecular complexity index is 2120. The first kappa shape index (κ1) is 25.3. The summed E-state index contributed by atoms with van der Waals surface area (Å²) in [6.45, 7) is 0. The molecule has 6 nitrogen and oxygen atoms in total. The van der Waals surface area contributed by atoms with Crippen molar-refractivity contribution in [3.63, 3.8) is 0 Å². The number of fused-ring (bicyclic) bond motifs is 2. The van der Waals surface area contributed by atoms with Crippen molar-refractivity contribution >= 4 is 44.7 Å². The van der Waals surface area contributed by atoms with Crippen LogP contribution in [0.2, 0.25) is 0 Å². The molecule has 1 aliphatic carbocycles. The number of halogens is 2. The van der Waals surface area contributed by atoms with E-state index in [4.69, 9.17) is 0 Å². The predicted octanol–water partition coefficient (Wildman–Crippen LogP) is 7.04. The van der Waals surface area contributed by atoms with Crippen LogP contribution in [0.3, 0.4) is 0 Å². The van der Waals surface area contributed by atoms with Crippen LogP contribution in [0.15, 0.2) is 103 Å². The lowest BCUT2D eigenvalue weighted by molar-refractivity contribution is -0.138. The summed E-state index contributed by atoms with van der Waals surface area (Å²) in [5.74, 6) is -6.35. The molecular formula is C34H20F2N2O4. The second kappa shape index (κ2) is 9.49. The maximum absolute atomic E-state index is 14.0. The Labute approximate surface area is 236 Å². The van der Waals surface area contributed by atoms with E-state index in [0.29, 0.717) is 44.3 Å². The second-order valence-electron chi connectivity index (χ2n) is 10.1. The van der Waals surface area contributed by atoms with Crippen LogP contribution < -0.4 is 0 Å². The lowest BCUT2D eigenvalue weighted by Gasteiger charge is -2.23. The molecule has 204 valence electrons. The van der Waals surface area contributed by atoms with Crippen LogP contribution in [0.4, 0.5) is 8.78 Å². The number of hydrogen-bond donors (Lipinski definition) is 3. The van der Waals surface area contributed by atoms with E-state index in [-0.39, 0.29) is 11.1 Å². The summed E-state index contributed by atoms with van der Waals surface area (Å²) in [6, 6.07) is 25.0. The number of carbonyl (C=O) groups is 3. The molecule has 4 aromatic carbocycles. The third-order valence-corrected chi connectivity index (χ3v) is 7.70. The molecule has 0 saturated carbocycles. The van der Waals surface area contributed by atoms with Crippen LogP contribution in [-0.2, 0) is 14.4 Å². The Kier molecular flexibility index (Phi) is 5.72. The number of nitrogens with one attached hydrogen (secondary N) is 2. The van der Waals surface area contributed by atoms with Crippen LogP contribution in [0, 0.1) is 11.6 Å². The van der Waals surface area contributed by atoms with Gasteiger partial charge in [-0.25, -0.2) is 8.78 Å². The van der Waals surface area contributed by atoms with Crippen molar-refractivity contribution in [1.29, 1.82) is 0 Å². The number of aliphatic hydroxyl groups is 1. The van der Waals surface area contributed by atoms with Gasteiger partial charge in [-0.15, -0.1) is 0 Å². The molecule has 0 radical (unpaired) electrons. The summed E-state index contributed by atoms with van der Waals surface area (Å²) in [6.07, 6.45) is 0. The standard InChI is InChI=1S/C34H20F2N2O4/c35-19-13-9-17(10-14-19)29-25(21-5-1-3-7-23(21)37-29)27-31(39)33(41)28(34(42)32(27)40)26-22-6-2-4-8-24(22)38-30(26)18-11-15-20(36)16-12-18/h1-16,27,37-38,41H. The van der Waals surface area contributed by atoms with Crippen LogP contribution in [0.1, 0.15) is 17.0 Å². The maximum Gasteiger partial charge on any atom is 0.234 e. The summed E-state index contributed by atoms with van der Waals surface area (Å²) in [4.78, 5) is 48.3. The number of aromatic amines is 2. The molecule has 2 heterocycles. The monoisotopic (exact) mass is 558 g/mol. The van der Waals surface area contributed by atoms with Crippen molar-refractivity contribution in [1.82, 2.24) is 9.97 Å². The van der Waals surface area contributed by atoms with Crippen molar-refractivity contribution in [3.8, 4) is 22.5 Å². The van der Waals surface area contributed by atoms with Gasteiger partial charge in [0.1, 0.15) is 17.6 Å². The number of benzene rings is 4. The summed E-state index contributed by atoms with van der Waals surface area (Å²) in [7, 11) is 0. The molecule has 0 bridgehead atoms. The van der Waals surface area contributed by atoms with Gasteiger partial charge in [-0.2, -0.15) is 0 Å². The minimum atomic E-state index is -1.63. The lowest BCUT2D eigenvalue weighted by Crippen LogP contribution is -2.36. The first-order chi connectivity index (χ1) is 20.3. The average molecular weight is 559 g/mol. The highest BCUT2D eigenvalue weighted by molar-refractivity contribution is 6.62. The quantitative estimate of drug-likeness (QED) is 0.160. The minimum absolute atomic E-state index is 0.178. The van der Waals surface area contributed by atoms with Gasteiger partial charge in [0.15, 0.2) is 5.76 Å². The fourth-order valence-electron chi connectivity index (χ4n) is 5.78. The van der Waals surface area contributed by atoms with E-state index in [1.165, 1.54) is 48.5 Å². The normalized spacial score (nSPS) is 15.8. The van der Waals surface area contributed by atoms with E-state index < -0.39 is 46.2 Å². The van der Waals surface area contributed by atoms with E-state index >= 15 is 0 Å². The molecule has 0 fully saturated rings. The second-order valence-corrected chi connectivity index (χ2v) is 10.1. The van der Waals surface area contributed by atoms with Gasteiger partial charge in [-0.3, -0.25) is 14.4 Å². The van der Waals surface area contributed by atoms with Gasteiger partial charge in [0.05, 0.1) is 17.0 Å². The number of hydrogen-bond acceptors (Lipinski definition) is 4. The van der Waals surface area contributed by atoms with E-state index in [1.807, 2.05) is 0 Å². The summed E-state index contributed by atoms with van der Waals surface area (Å²) in [5.41, 5.74) is 2.90. The minimum Gasteiger partial charge on any atom is -0.504 e. The fourth-order valence-corrected chi connectivity index (χ4v) is 5.78. The Morgan fingerprint density at radius 2 is 1.10 bits per heavy atom. The van der Waals surface area contributed by atoms with Crippen LogP contribution in [0.25, 0.3) is 49.9 Å². The lowest BCUT2D eigenvalue weighted by atomic mass is 9.76. The number of carbonyl (C=O) groups excluding carboxylic acids is 3. The third kappa shape index (κ3) is 3.80. The zero-order valence-electron chi connectivity index (χ0n) is 21.7. The topological polar surface area (TPSA) is 103 Å². The van der Waals surface area contributed by atoms with Crippen molar-refractivity contribution < 1.29 is 28.3 Å². The van der Waals surface area contributed by atoms with Crippen molar-refractivity contribution in [2.75, 3.05) is 0 Å². The summed E-state index contributed by atoms with van der Waals surface area (Å²) in [5, 5.41) is 12.5. The first-order valence-electron chi connectivity index (χ1n) is 13.1. The number of aliphatic hydroxyl groups excluding tert-OH is 1. The third-order valence-electron chi connectivity index (χ3n) is 7.70. The Balaban J connectivity index is 1.46. The highest BCUT2D eigenvalue weighted by Gasteiger charge is 2.47. The number of ketones is 3. The Hall–Kier alpha value is -5.63. The average Bonchev–Trinajstić information content (AvgIpc) is 3.57. The molecule has 1 unspecified atom stereocenters. The van der Waals surface area contributed by atoms with Crippen molar-refractivity contribution in [2.45, 2.75) is 5.92 Å². The molecule has 0 spiro atoms. The Morgan fingerprint density at radius 1 is 0.595 bits per heavy atom. The van der Waals surface area contributed by atoms with E-state index in [9.17, 15) is 28.3 Å². The van der Waals surface area contributed by atoms with Crippen LogP contribution in [-0.4, -0.2) is 32.4 Å². The molecule has 8 heteroatoms. The summed E-state index contributed by atoms with van der Waals surface area (Å²) < 4.78 is 27.5. The predicted molar refractivity (Wildman–Crippen MR) is 155 cm³/mol. The highest BCUT2D eigenvalue weighted by atomic mass is 19.1. The van der Waals surface area contributed by atoms with Crippen molar-refractivity contribution in [3.05, 3.63) is 126 Å². The number of allylic oxidation sites excluding steroid dienone is 2. The zero-order chi connectivity index (χ0) is 29.1. The molecule has 42 heavy (non-hydrogen) atoms. The molecule has 6 aromatic rings. The number of Topliss-reactive ketones (excluding diaryl/α,β-unsaturated/α-hetero) is 3. The molecule has 2 aromatic heterocycles. The van der Waals surface area contributed by atoms with E-state index in [2.05, 4.69) is 9.97 Å². The van der Waals surface area contributed by atoms with Crippen LogP contribution >= 0.6 is 0 Å². The zero-order valence-corrected chi connectivity index (χ0v) is 21.7. The molecule has 3 N–H and O–H groups in total. The molecular weight excluding hydrogens is 538 g/mol. The van der Waals surface area contributed by atoms with Gasteiger partial charge >= 0.3 is 0 Å². The first-order valence-corrected chi connectivity index (χ1v) is 13.1. The van der Waals surface area contributed by atoms with Gasteiger partial charge in [0.2, 0.25) is 17.3 Å². The van der Waals surface area contributed by atoms with E-state index in [0.717, 1.165) is 0 Å². The van der Waals surface area contributed by atoms with Gasteiger partial charge in [-0.1, -0.05) is 36.4 Å². The number of rotatable bonds is 4. The maximum atomic E-state index is 14.0. The Morgan fingerprint density at radius 3 is 1.71 bits per heavy atom. The van der Waals surface area contributed by atoms with Crippen LogP contribution in [0.5, 0.6) is 0 Å². The SMILES string of the molecule is O=C1C(=O)C(c2c(-c3ccc(F)cc3)[nH]c3ccccc23)C(=O)C(O)=C1c1c(-c2ccc(F)cc2)[nH]c2ccccc12. The molecule has 0 saturated heterocycles. The smallest absolute Gasteiger partial charge is 0.234 e. The van der Waals surface area contributed by atoms with Crippen molar-refractivity contribution in [2.24, 2.45) is 0 Å². The molecule has 0 amide bonds. The molecule has 0 aliphatic heterocycles. The van der Waals surface area contributed by atoms with Gasteiger partial charge in [0.25, 0.3) is 0 Å². The van der Waals surface area contributed by atoms with Gasteiger partial charge in [-0.05, 0) is 71.8 Å². The molecule has 1 atom stereocenters. The molecule has 1 aliphatic rings. The summed E-state index contributed by atoms with van der Waals surface area (Å²) >= 11 is 0. The number of aromatic nitrogens is 2. The highest BCUT2D eigenvalue weighted by Crippen LogP contribution is 2.44. The number of para-hydroxylation sites is 2. The van der Waals surface area contributed by atoms with Gasteiger partial charge in [0, 0.05) is 32.9 Å². The fraction of sp³-hybridized carbons (Fsp3) is 0.0294. The molecule has 7 rings (SSSR count). The largest absolute Gasteiger partial charge is 0.504 e.